The van der Waals surface area contributed by atoms with Gasteiger partial charge in [0.15, 0.2) is 0 Å². The van der Waals surface area contributed by atoms with Crippen LogP contribution in [0.3, 0.4) is 0 Å². The van der Waals surface area contributed by atoms with Gasteiger partial charge in [-0.25, -0.2) is 4.98 Å². The van der Waals surface area contributed by atoms with Gasteiger partial charge in [0, 0.05) is 225 Å². The molecule has 11 aromatic rings. The maximum absolute atomic E-state index is 8.76. The van der Waals surface area contributed by atoms with E-state index in [1.54, 1.807) is 185 Å². The highest BCUT2D eigenvalue weighted by molar-refractivity contribution is 7.10. The maximum atomic E-state index is 8.76. The Hall–Kier alpha value is -7.84. The number of benzene rings is 1. The second-order valence-corrected chi connectivity index (χ2v) is 33.9. The van der Waals surface area contributed by atoms with Gasteiger partial charge in [-0.15, -0.1) is 34.0 Å². The molecule has 1 N–H and O–H groups in total. The number of phenols is 1. The quantitative estimate of drug-likeness (QED) is 0.0392. The molecule has 2 unspecified atom stereocenters. The first kappa shape index (κ1) is 123. The number of aromatic nitrogens is 6. The Morgan fingerprint density at radius 1 is 0.436 bits per heavy atom. The summed E-state index contributed by atoms with van der Waals surface area (Å²) in [6, 6.07) is 35.0. The summed E-state index contributed by atoms with van der Waals surface area (Å²) < 4.78 is 95.0. The molecule has 4 fully saturated rings. The summed E-state index contributed by atoms with van der Waals surface area (Å²) in [4.78, 5) is 27.8. The summed E-state index contributed by atoms with van der Waals surface area (Å²) in [5.74, 6) is 2.64. The van der Waals surface area contributed by atoms with Crippen LogP contribution in [0.5, 0.6) is 5.75 Å². The van der Waals surface area contributed by atoms with Crippen LogP contribution in [-0.2, 0) is 145 Å². The number of rotatable bonds is 34. The molecule has 4 aliphatic heterocycles. The highest BCUT2D eigenvalue weighted by Crippen LogP contribution is 2.26. The summed E-state index contributed by atoms with van der Waals surface area (Å²) in [6.45, 7) is 30.2. The van der Waals surface area contributed by atoms with E-state index in [0.29, 0.717) is 55.5 Å². The molecule has 0 amide bonds. The molecule has 14 heterocycles. The van der Waals surface area contributed by atoms with Crippen molar-refractivity contribution in [2.75, 3.05) is 197 Å². The van der Waals surface area contributed by atoms with Gasteiger partial charge in [0.1, 0.15) is 11.5 Å². The minimum atomic E-state index is 0.328. The Bertz CT molecular complexity index is 3780. The Labute approximate surface area is 811 Å². The Morgan fingerprint density at radius 3 is 1.42 bits per heavy atom. The summed E-state index contributed by atoms with van der Waals surface area (Å²) >= 11 is 6.84. The zero-order valence-corrected chi connectivity index (χ0v) is 85.8. The van der Waals surface area contributed by atoms with Crippen LogP contribution in [0.25, 0.3) is 0 Å². The lowest BCUT2D eigenvalue weighted by molar-refractivity contribution is -0.131. The molecule has 133 heavy (non-hydrogen) atoms. The number of hydrogen-bond donors (Lipinski definition) is 1. The fourth-order valence-electron chi connectivity index (χ4n) is 11.2. The molecule has 10 aromatic heterocycles. The van der Waals surface area contributed by atoms with Crippen LogP contribution in [0.1, 0.15) is 131 Å². The predicted molar refractivity (Wildman–Crippen MR) is 537 cm³/mol. The van der Waals surface area contributed by atoms with E-state index in [2.05, 4.69) is 84.2 Å². The molecular formula is C103H158N6O20S4. The van der Waals surface area contributed by atoms with E-state index in [9.17, 15) is 0 Å². The van der Waals surface area contributed by atoms with Gasteiger partial charge < -0.3 is 94.5 Å². The molecule has 15 rings (SSSR count). The van der Waals surface area contributed by atoms with Crippen LogP contribution >= 0.6 is 45.3 Å². The van der Waals surface area contributed by atoms with E-state index < -0.39 is 0 Å². The standard InChI is InChI=1S/2C8H11NO.C8H11N.C7H11NOS.C7H9NO.C7H10O2.C7H14O2.2C7H10OS.C7H8O.C6H9NOS.3C6H12O2.C6H8O2/c1-10-6-4-8-3-2-5-9-7-8;1-2-10-7-8-4-3-5-9-6-8;1-2-4-8-5-3-6-9-7-8;1-6-7(3-4-9-2)10-5-8-6;1-9-6-7-3-2-4-8-5-7;1-8-6-4-7-3-2-5-9-7;1-8-5-7-3-2-4-9-6-7;1-8-4-2-7-3-5-9-6-7;1-8-5-4-7-3-2-6-9-7;1-6-2-4-7(8)5-3-6;1-2-8-4-6-3-7-5-9-6;1-6(3-7-2)4-8-5-6;1-7-6-2-4-8-5-3-6;2*1-7-4-6-2-3-8-5-6/h2-3,5,7H,4,6H2,1H3;3-6H,2,7H2,1H3;3,5-7H,2,4H2,1H3;5H,3-4H2,1-2H3;2-5H,6H2,1H3;2-3,5H,4,6H2,1H3;7H,2-6H2,1H3;3,5-6H,2,4H2,1H3;2-3,6H,4-5H2,1H3;2-5,8H,1H3;3,5H,2,4H2,1H3;3-5H2,1-2H3;2*6H,2-5H2,1H3;2-3,5H,4H2,1H3. The molecular weight excluding hydrogens is 1770 g/mol. The molecule has 0 bridgehead atoms. The third kappa shape index (κ3) is 73.1. The number of aryl methyl sites for hydroxylation is 3. The number of pyridine rings is 4. The lowest BCUT2D eigenvalue weighted by Gasteiger charge is -2.37. The van der Waals surface area contributed by atoms with Gasteiger partial charge in [-0.2, -0.15) is 11.3 Å². The van der Waals surface area contributed by atoms with Crippen LogP contribution in [0.15, 0.2) is 220 Å². The number of thiazole rings is 2. The highest BCUT2D eigenvalue weighted by atomic mass is 32.1. The smallest absolute Gasteiger partial charge is 0.115 e. The van der Waals surface area contributed by atoms with Crippen LogP contribution in [0, 0.1) is 31.1 Å². The van der Waals surface area contributed by atoms with Crippen LogP contribution in [-0.4, -0.2) is 238 Å². The number of nitrogens with zero attached hydrogens (tertiary/aromatic N) is 6. The van der Waals surface area contributed by atoms with Crippen molar-refractivity contribution < 1.29 is 94.5 Å². The van der Waals surface area contributed by atoms with Gasteiger partial charge in [0.2, 0.25) is 0 Å². The first-order chi connectivity index (χ1) is 65.1. The molecule has 4 saturated heterocycles. The molecule has 0 aliphatic carbocycles. The predicted octanol–water partition coefficient (Wildman–Crippen LogP) is 21.1. The Morgan fingerprint density at radius 2 is 0.992 bits per heavy atom. The summed E-state index contributed by atoms with van der Waals surface area (Å²) in [6.07, 6.45) is 34.8. The van der Waals surface area contributed by atoms with Gasteiger partial charge in [-0.1, -0.05) is 68.3 Å². The van der Waals surface area contributed by atoms with E-state index in [1.165, 1.54) is 62.6 Å². The van der Waals surface area contributed by atoms with E-state index in [-0.39, 0.29) is 0 Å². The van der Waals surface area contributed by atoms with Crippen LogP contribution < -0.4 is 0 Å². The molecule has 2 atom stereocenters. The minimum Gasteiger partial charge on any atom is -0.508 e. The molecule has 30 heteroatoms. The molecule has 0 spiro atoms. The summed E-state index contributed by atoms with van der Waals surface area (Å²) in [5, 5.41) is 15.1. The van der Waals surface area contributed by atoms with E-state index >= 15 is 0 Å². The van der Waals surface area contributed by atoms with Crippen LogP contribution in [0.2, 0.25) is 0 Å². The topological polar surface area (TPSA) is 281 Å². The van der Waals surface area contributed by atoms with Crippen molar-refractivity contribution in [3.63, 3.8) is 0 Å². The molecule has 0 radical (unpaired) electrons. The number of aromatic hydroxyl groups is 1. The van der Waals surface area contributed by atoms with Crippen molar-refractivity contribution in [2.24, 2.45) is 17.3 Å². The van der Waals surface area contributed by atoms with Gasteiger partial charge in [-0.05, 0) is 190 Å². The highest BCUT2D eigenvalue weighted by Gasteiger charge is 2.33. The van der Waals surface area contributed by atoms with Crippen molar-refractivity contribution in [3.05, 3.63) is 276 Å². The monoisotopic (exact) mass is 1930 g/mol. The van der Waals surface area contributed by atoms with Crippen molar-refractivity contribution >= 4 is 45.3 Å². The minimum absolute atomic E-state index is 0.328. The normalized spacial score (nSPS) is 13.9. The summed E-state index contributed by atoms with van der Waals surface area (Å²) in [7, 11) is 18.9. The molecule has 4 aliphatic rings. The maximum Gasteiger partial charge on any atom is 0.115 e. The van der Waals surface area contributed by atoms with Crippen molar-refractivity contribution in [3.8, 4) is 5.75 Å². The number of thiophene rings is 2. The third-order valence-corrected chi connectivity index (χ3v) is 21.9. The molecule has 744 valence electrons. The van der Waals surface area contributed by atoms with Crippen molar-refractivity contribution in [2.45, 2.75) is 151 Å². The number of hydrogen-bond acceptors (Lipinski definition) is 30. The van der Waals surface area contributed by atoms with Gasteiger partial charge in [0.05, 0.1) is 152 Å². The van der Waals surface area contributed by atoms with Crippen molar-refractivity contribution in [1.29, 1.82) is 0 Å². The third-order valence-electron chi connectivity index (χ3n) is 18.5. The van der Waals surface area contributed by atoms with Crippen LogP contribution in [0.4, 0.5) is 0 Å². The number of phenolic OH excluding ortho intramolecular Hbond substituents is 1. The van der Waals surface area contributed by atoms with Gasteiger partial charge >= 0.3 is 0 Å². The molecule has 1 aromatic carbocycles. The van der Waals surface area contributed by atoms with E-state index in [4.69, 9.17) is 94.5 Å². The van der Waals surface area contributed by atoms with Gasteiger partial charge in [0.25, 0.3) is 0 Å². The fourth-order valence-corrected chi connectivity index (χ4v) is 13.9. The number of furan rings is 2. The molecule has 26 nitrogen and oxygen atoms in total. The zero-order chi connectivity index (χ0) is 97.0. The second kappa shape index (κ2) is 90.6. The zero-order valence-electron chi connectivity index (χ0n) is 82.5. The second-order valence-electron chi connectivity index (χ2n) is 30.1. The van der Waals surface area contributed by atoms with Gasteiger partial charge in [-0.3, -0.25) is 24.9 Å². The average Bonchev–Trinajstić information content (AvgIpc) is 1.34. The first-order valence-electron chi connectivity index (χ1n) is 45.1. The fraction of sp³-hybridized carbons (Fsp3) is 0.534. The number of methoxy groups -OCH3 is 11. The average molecular weight is 1930 g/mol. The van der Waals surface area contributed by atoms with E-state index in [1.807, 2.05) is 136 Å². The summed E-state index contributed by atoms with van der Waals surface area (Å²) in [5.41, 5.74) is 13.6. The first-order valence-corrected chi connectivity index (χ1v) is 48.7. The lowest BCUT2D eigenvalue weighted by Crippen LogP contribution is -2.43. The van der Waals surface area contributed by atoms with E-state index in [0.717, 1.165) is 198 Å². The largest absolute Gasteiger partial charge is 0.508 e. The number of ether oxygens (including phenoxy) is 17. The SMILES string of the molecule is CCCc1cccnc1.CCOCc1cccnc1.CCOCc1cncs1.COC1CCOCC1.COCC1(C)COC1.COCC1CCCOC1.COCC1CCOC1.COCCc1cccnc1.COCCc1ccco1.COCCc1cccs1.COCCc1ccsc1.COCCc1scnc1C.COCc1cccnc1.COCc1ccoc1.Cc1ccc(O)cc1. The molecule has 0 saturated carbocycles. The Balaban J connectivity index is 0.000000713. The Kier molecular flexibility index (Phi) is 83.9. The van der Waals surface area contributed by atoms with Crippen molar-refractivity contribution in [1.82, 2.24) is 29.9 Å². The lowest BCUT2D eigenvalue weighted by atomic mass is 9.90.